The first-order valence-corrected chi connectivity index (χ1v) is 7.41. The van der Waals surface area contributed by atoms with Gasteiger partial charge >= 0.3 is 0 Å². The molecule has 114 valence electrons. The van der Waals surface area contributed by atoms with Gasteiger partial charge in [-0.2, -0.15) is 5.10 Å². The summed E-state index contributed by atoms with van der Waals surface area (Å²) in [6.45, 7) is 4.02. The van der Waals surface area contributed by atoms with Crippen molar-refractivity contribution in [1.29, 1.82) is 0 Å². The van der Waals surface area contributed by atoms with Crippen molar-refractivity contribution in [3.05, 3.63) is 47.2 Å². The fourth-order valence-corrected chi connectivity index (χ4v) is 4.15. The molecule has 2 aliphatic rings. The largest absolute Gasteiger partial charge is 0.383 e. The van der Waals surface area contributed by atoms with Crippen LogP contribution < -0.4 is 0 Å². The Bertz CT molecular complexity index is 770. The van der Waals surface area contributed by atoms with Crippen LogP contribution in [-0.2, 0) is 5.60 Å². The average Bonchev–Trinajstić information content (AvgIpc) is 2.78. The number of halogens is 2. The molecule has 2 atom stereocenters. The van der Waals surface area contributed by atoms with Gasteiger partial charge in [-0.05, 0) is 42.5 Å². The van der Waals surface area contributed by atoms with E-state index in [-0.39, 0.29) is 22.6 Å². The van der Waals surface area contributed by atoms with Gasteiger partial charge in [0.1, 0.15) is 17.2 Å². The van der Waals surface area contributed by atoms with Gasteiger partial charge in [-0.3, -0.25) is 0 Å². The first-order chi connectivity index (χ1) is 10.4. The molecule has 1 fully saturated rings. The van der Waals surface area contributed by atoms with Crippen LogP contribution in [-0.4, -0.2) is 15.3 Å². The molecule has 0 amide bonds. The predicted molar refractivity (Wildman–Crippen MR) is 77.0 cm³/mol. The number of aliphatic hydroxyl groups is 1. The van der Waals surface area contributed by atoms with Crippen molar-refractivity contribution >= 4 is 0 Å². The first-order valence-electron chi connectivity index (χ1n) is 7.41. The highest BCUT2D eigenvalue weighted by Crippen LogP contribution is 2.66. The van der Waals surface area contributed by atoms with E-state index < -0.39 is 17.2 Å². The summed E-state index contributed by atoms with van der Waals surface area (Å²) in [5.41, 5.74) is 0.121. The summed E-state index contributed by atoms with van der Waals surface area (Å²) in [5, 5.41) is 19.1. The number of benzene rings is 1. The van der Waals surface area contributed by atoms with Crippen LogP contribution in [0.2, 0.25) is 0 Å². The lowest BCUT2D eigenvalue weighted by atomic mass is 9.77. The molecule has 1 saturated carbocycles. The van der Waals surface area contributed by atoms with E-state index in [4.69, 9.17) is 0 Å². The van der Waals surface area contributed by atoms with Crippen LogP contribution in [0.3, 0.4) is 0 Å². The second-order valence-corrected chi connectivity index (χ2v) is 6.80. The van der Waals surface area contributed by atoms with E-state index in [1.807, 2.05) is 13.8 Å². The zero-order chi connectivity index (χ0) is 15.7. The fraction of sp³-hybridized carbons (Fsp3) is 0.412. The molecule has 22 heavy (non-hydrogen) atoms. The lowest BCUT2D eigenvalue weighted by molar-refractivity contribution is -0.0447. The highest BCUT2D eigenvalue weighted by atomic mass is 19.1. The van der Waals surface area contributed by atoms with Crippen molar-refractivity contribution in [3.8, 4) is 11.3 Å². The lowest BCUT2D eigenvalue weighted by Gasteiger charge is -2.32. The topological polar surface area (TPSA) is 46.0 Å². The Morgan fingerprint density at radius 3 is 2.55 bits per heavy atom. The summed E-state index contributed by atoms with van der Waals surface area (Å²) in [7, 11) is 0. The van der Waals surface area contributed by atoms with Crippen LogP contribution in [0.4, 0.5) is 8.78 Å². The van der Waals surface area contributed by atoms with Crippen LogP contribution >= 0.6 is 0 Å². The summed E-state index contributed by atoms with van der Waals surface area (Å²) in [4.78, 5) is 0. The highest BCUT2D eigenvalue weighted by Gasteiger charge is 2.62. The van der Waals surface area contributed by atoms with Crippen LogP contribution in [0.25, 0.3) is 11.3 Å². The van der Waals surface area contributed by atoms with Crippen molar-refractivity contribution in [3.63, 3.8) is 0 Å². The molecule has 2 aromatic rings. The second-order valence-electron chi connectivity index (χ2n) is 6.80. The second kappa shape index (κ2) is 4.10. The molecule has 4 rings (SSSR count). The third-order valence-corrected chi connectivity index (χ3v) is 5.54. The van der Waals surface area contributed by atoms with E-state index >= 15 is 0 Å². The molecule has 0 aliphatic heterocycles. The predicted octanol–water partition coefficient (Wildman–Crippen LogP) is 3.53. The molecule has 1 N–H and O–H groups in total. The Morgan fingerprint density at radius 2 is 1.86 bits per heavy atom. The van der Waals surface area contributed by atoms with Crippen LogP contribution in [0.15, 0.2) is 24.3 Å². The molecule has 0 unspecified atom stereocenters. The van der Waals surface area contributed by atoms with Crippen LogP contribution in [0.1, 0.15) is 43.9 Å². The smallest absolute Gasteiger partial charge is 0.135 e. The molecular formula is C17H16F2N2O. The van der Waals surface area contributed by atoms with Gasteiger partial charge in [-0.25, -0.2) is 8.78 Å². The van der Waals surface area contributed by atoms with Gasteiger partial charge in [0.25, 0.3) is 0 Å². The average molecular weight is 302 g/mol. The Kier molecular flexibility index (Phi) is 2.57. The maximum atomic E-state index is 13.9. The molecule has 1 aromatic carbocycles. The number of aromatic nitrogens is 2. The van der Waals surface area contributed by atoms with E-state index in [2.05, 4.69) is 10.2 Å². The highest BCUT2D eigenvalue weighted by molar-refractivity contribution is 5.62. The maximum absolute atomic E-state index is 13.9. The molecular weight excluding hydrogens is 286 g/mol. The molecule has 1 heterocycles. The molecule has 0 radical (unpaired) electrons. The Labute approximate surface area is 127 Å². The minimum atomic E-state index is -0.994. The molecule has 3 nitrogen and oxygen atoms in total. The van der Waals surface area contributed by atoms with E-state index in [0.29, 0.717) is 12.1 Å². The zero-order valence-corrected chi connectivity index (χ0v) is 12.4. The first kappa shape index (κ1) is 13.8. The SMILES string of the molecule is CC1(C)[C@H]2CC[C@]1(O)c1nnc(-c3c(F)cccc3F)cc12. The summed E-state index contributed by atoms with van der Waals surface area (Å²) < 4.78 is 27.9. The number of rotatable bonds is 1. The molecule has 0 saturated heterocycles. The minimum Gasteiger partial charge on any atom is -0.383 e. The molecule has 2 aliphatic carbocycles. The maximum Gasteiger partial charge on any atom is 0.135 e. The van der Waals surface area contributed by atoms with E-state index in [0.717, 1.165) is 12.0 Å². The molecule has 2 bridgehead atoms. The van der Waals surface area contributed by atoms with E-state index in [9.17, 15) is 13.9 Å². The van der Waals surface area contributed by atoms with Crippen LogP contribution in [0.5, 0.6) is 0 Å². The van der Waals surface area contributed by atoms with Crippen molar-refractivity contribution in [2.45, 2.75) is 38.2 Å². The Hall–Kier alpha value is -1.88. The van der Waals surface area contributed by atoms with Crippen molar-refractivity contribution < 1.29 is 13.9 Å². The minimum absolute atomic E-state index is 0.136. The Morgan fingerprint density at radius 1 is 1.18 bits per heavy atom. The quantitative estimate of drug-likeness (QED) is 0.876. The van der Waals surface area contributed by atoms with Gasteiger partial charge in [-0.15, -0.1) is 5.10 Å². The summed E-state index contributed by atoms with van der Waals surface area (Å²) in [6, 6.07) is 5.42. The molecule has 1 aromatic heterocycles. The monoisotopic (exact) mass is 302 g/mol. The van der Waals surface area contributed by atoms with Gasteiger partial charge in [0.05, 0.1) is 17.0 Å². The van der Waals surface area contributed by atoms with Gasteiger partial charge in [-0.1, -0.05) is 19.9 Å². The fourth-order valence-electron chi connectivity index (χ4n) is 4.15. The van der Waals surface area contributed by atoms with Gasteiger partial charge in [0, 0.05) is 5.41 Å². The number of fused-ring (bicyclic) bond motifs is 5. The van der Waals surface area contributed by atoms with Gasteiger partial charge in [0.15, 0.2) is 0 Å². The number of hydrogen-bond acceptors (Lipinski definition) is 3. The van der Waals surface area contributed by atoms with Crippen molar-refractivity contribution in [2.75, 3.05) is 0 Å². The van der Waals surface area contributed by atoms with Crippen molar-refractivity contribution in [2.24, 2.45) is 5.41 Å². The summed E-state index contributed by atoms with van der Waals surface area (Å²) in [6.07, 6.45) is 1.50. The lowest BCUT2D eigenvalue weighted by Crippen LogP contribution is -2.35. The van der Waals surface area contributed by atoms with Crippen molar-refractivity contribution in [1.82, 2.24) is 10.2 Å². The van der Waals surface area contributed by atoms with E-state index in [1.165, 1.54) is 18.2 Å². The standard InChI is InChI=1S/C17H16F2N2O/c1-16(2)10-6-7-17(16,22)15-9(10)8-13(20-21-15)14-11(18)4-3-5-12(14)19/h3-5,8,10,22H,6-7H2,1-2H3/t10-,17-/m0/s1. The molecule has 5 heteroatoms. The summed E-state index contributed by atoms with van der Waals surface area (Å²) in [5.74, 6) is -1.18. The van der Waals surface area contributed by atoms with Gasteiger partial charge in [0.2, 0.25) is 0 Å². The zero-order valence-electron chi connectivity index (χ0n) is 12.4. The van der Waals surface area contributed by atoms with Gasteiger partial charge < -0.3 is 5.11 Å². The normalized spacial score (nSPS) is 28.0. The van der Waals surface area contributed by atoms with E-state index in [1.54, 1.807) is 6.07 Å². The number of hydrogen-bond donors (Lipinski definition) is 1. The third kappa shape index (κ3) is 1.47. The third-order valence-electron chi connectivity index (χ3n) is 5.54. The summed E-state index contributed by atoms with van der Waals surface area (Å²) >= 11 is 0. The number of nitrogens with zero attached hydrogens (tertiary/aromatic N) is 2. The van der Waals surface area contributed by atoms with Crippen LogP contribution in [0, 0.1) is 17.0 Å². The molecule has 0 spiro atoms. The Balaban J connectivity index is 1.92.